The second kappa shape index (κ2) is 5.08. The Labute approximate surface area is 107 Å². The van der Waals surface area contributed by atoms with Crippen LogP contribution < -0.4 is 0 Å². The molecule has 1 aliphatic rings. The molecule has 1 aliphatic heterocycles. The van der Waals surface area contributed by atoms with Crippen LogP contribution >= 0.6 is 0 Å². The van der Waals surface area contributed by atoms with Crippen molar-refractivity contribution in [3.8, 4) is 0 Å². The van der Waals surface area contributed by atoms with E-state index >= 15 is 0 Å². The number of carbonyl (C=O) groups is 1. The zero-order chi connectivity index (χ0) is 13.2. The van der Waals surface area contributed by atoms with Crippen LogP contribution in [0.25, 0.3) is 0 Å². The fourth-order valence-corrected chi connectivity index (χ4v) is 2.63. The van der Waals surface area contributed by atoms with Gasteiger partial charge in [-0.05, 0) is 12.5 Å². The van der Waals surface area contributed by atoms with Crippen molar-refractivity contribution in [3.05, 3.63) is 35.9 Å². The molecule has 1 aromatic carbocycles. The molecule has 18 heavy (non-hydrogen) atoms. The maximum Gasteiger partial charge on any atom is 0.311 e. The molecule has 4 nitrogen and oxygen atoms in total. The fourth-order valence-electron chi connectivity index (χ4n) is 2.63. The first-order valence-corrected chi connectivity index (χ1v) is 6.17. The zero-order valence-corrected chi connectivity index (χ0v) is 10.5. The van der Waals surface area contributed by atoms with Gasteiger partial charge in [0.15, 0.2) is 0 Å². The summed E-state index contributed by atoms with van der Waals surface area (Å²) < 4.78 is 0. The van der Waals surface area contributed by atoms with Gasteiger partial charge in [0.05, 0.1) is 5.41 Å². The molecule has 0 radical (unpaired) electrons. The lowest BCUT2D eigenvalue weighted by molar-refractivity contribution is -0.150. The number of hydrogen-bond acceptors (Lipinski definition) is 3. The molecule has 0 aliphatic carbocycles. The van der Waals surface area contributed by atoms with Crippen molar-refractivity contribution >= 4 is 5.97 Å². The van der Waals surface area contributed by atoms with Crippen LogP contribution in [0.1, 0.15) is 12.5 Å². The van der Waals surface area contributed by atoms with Gasteiger partial charge in [-0.1, -0.05) is 30.3 Å². The number of likely N-dealkylation sites (tertiary alicyclic amines) is 1. The molecular weight excluding hydrogens is 230 g/mol. The van der Waals surface area contributed by atoms with E-state index < -0.39 is 11.4 Å². The SMILES string of the molecule is CC1(C(=O)O)CN(Cc2ccccc2)CC1CO. The van der Waals surface area contributed by atoms with E-state index in [2.05, 4.69) is 4.90 Å². The minimum absolute atomic E-state index is 0.0753. The van der Waals surface area contributed by atoms with Crippen molar-refractivity contribution < 1.29 is 15.0 Å². The summed E-state index contributed by atoms with van der Waals surface area (Å²) in [5.74, 6) is -1.02. The van der Waals surface area contributed by atoms with E-state index in [4.69, 9.17) is 0 Å². The molecule has 1 heterocycles. The third-order valence-corrected chi connectivity index (χ3v) is 3.89. The van der Waals surface area contributed by atoms with Gasteiger partial charge in [0.1, 0.15) is 0 Å². The highest BCUT2D eigenvalue weighted by atomic mass is 16.4. The molecule has 0 saturated carbocycles. The minimum Gasteiger partial charge on any atom is -0.481 e. The van der Waals surface area contributed by atoms with E-state index in [1.165, 1.54) is 5.56 Å². The summed E-state index contributed by atoms with van der Waals surface area (Å²) >= 11 is 0. The number of nitrogens with zero attached hydrogens (tertiary/aromatic N) is 1. The van der Waals surface area contributed by atoms with Gasteiger partial charge >= 0.3 is 5.97 Å². The molecule has 1 saturated heterocycles. The second-order valence-electron chi connectivity index (χ2n) is 5.26. The van der Waals surface area contributed by atoms with Crippen LogP contribution in [0.3, 0.4) is 0 Å². The Kier molecular flexibility index (Phi) is 3.68. The van der Waals surface area contributed by atoms with E-state index in [0.717, 1.165) is 6.54 Å². The lowest BCUT2D eigenvalue weighted by Crippen LogP contribution is -2.37. The highest BCUT2D eigenvalue weighted by molar-refractivity contribution is 5.75. The molecular formula is C14H19NO3. The summed E-state index contributed by atoms with van der Waals surface area (Å²) in [6.07, 6.45) is 0. The summed E-state index contributed by atoms with van der Waals surface area (Å²) in [4.78, 5) is 13.5. The topological polar surface area (TPSA) is 60.8 Å². The van der Waals surface area contributed by atoms with E-state index in [1.807, 2.05) is 30.3 Å². The van der Waals surface area contributed by atoms with Gasteiger partial charge < -0.3 is 10.2 Å². The number of aliphatic carboxylic acids is 1. The van der Waals surface area contributed by atoms with E-state index in [9.17, 15) is 15.0 Å². The predicted molar refractivity (Wildman–Crippen MR) is 68.0 cm³/mol. The monoisotopic (exact) mass is 249 g/mol. The molecule has 0 amide bonds. The number of carboxylic acids is 1. The van der Waals surface area contributed by atoms with Crippen molar-refractivity contribution in [2.24, 2.45) is 11.3 Å². The van der Waals surface area contributed by atoms with Gasteiger partial charge in [-0.15, -0.1) is 0 Å². The van der Waals surface area contributed by atoms with Crippen LogP contribution in [-0.2, 0) is 11.3 Å². The number of aliphatic hydroxyl groups excluding tert-OH is 1. The molecule has 2 atom stereocenters. The largest absolute Gasteiger partial charge is 0.481 e. The number of hydrogen-bond donors (Lipinski definition) is 2. The average molecular weight is 249 g/mol. The molecule has 4 heteroatoms. The van der Waals surface area contributed by atoms with Gasteiger partial charge in [0, 0.05) is 32.2 Å². The maximum atomic E-state index is 11.4. The highest BCUT2D eigenvalue weighted by Crippen LogP contribution is 2.36. The van der Waals surface area contributed by atoms with Crippen molar-refractivity contribution in [1.82, 2.24) is 4.90 Å². The first kappa shape index (κ1) is 13.1. The lowest BCUT2D eigenvalue weighted by atomic mass is 9.80. The molecule has 98 valence electrons. The third-order valence-electron chi connectivity index (χ3n) is 3.89. The molecule has 2 N–H and O–H groups in total. The average Bonchev–Trinajstić information content (AvgIpc) is 2.68. The number of aliphatic hydroxyl groups is 1. The van der Waals surface area contributed by atoms with Gasteiger partial charge in [0.25, 0.3) is 0 Å². The standard InChI is InChI=1S/C14H19NO3/c1-14(13(17)18)10-15(8-12(14)9-16)7-11-5-3-2-4-6-11/h2-6,12,16H,7-10H2,1H3,(H,17,18). The molecule has 0 aromatic heterocycles. The maximum absolute atomic E-state index is 11.4. The fraction of sp³-hybridized carbons (Fsp3) is 0.500. The Morgan fingerprint density at radius 2 is 2.11 bits per heavy atom. The quantitative estimate of drug-likeness (QED) is 0.842. The van der Waals surface area contributed by atoms with Crippen LogP contribution in [0.5, 0.6) is 0 Å². The Hall–Kier alpha value is -1.39. The Balaban J connectivity index is 2.08. The van der Waals surface area contributed by atoms with Gasteiger partial charge in [-0.3, -0.25) is 9.69 Å². The van der Waals surface area contributed by atoms with Crippen LogP contribution in [0.15, 0.2) is 30.3 Å². The van der Waals surface area contributed by atoms with Crippen LogP contribution in [-0.4, -0.2) is 40.8 Å². The highest BCUT2D eigenvalue weighted by Gasteiger charge is 2.48. The normalized spacial score (nSPS) is 28.4. The van der Waals surface area contributed by atoms with Crippen molar-refractivity contribution in [3.63, 3.8) is 0 Å². The summed E-state index contributed by atoms with van der Waals surface area (Å²) in [5.41, 5.74) is 0.326. The summed E-state index contributed by atoms with van der Waals surface area (Å²) in [5, 5.41) is 18.7. The summed E-state index contributed by atoms with van der Waals surface area (Å²) in [6, 6.07) is 9.98. The van der Waals surface area contributed by atoms with E-state index in [1.54, 1.807) is 6.92 Å². The van der Waals surface area contributed by atoms with Crippen molar-refractivity contribution in [2.75, 3.05) is 19.7 Å². The van der Waals surface area contributed by atoms with Crippen molar-refractivity contribution in [1.29, 1.82) is 0 Å². The third kappa shape index (κ3) is 2.40. The first-order chi connectivity index (χ1) is 8.56. The molecule has 1 fully saturated rings. The second-order valence-corrected chi connectivity index (χ2v) is 5.26. The number of carboxylic acid groups (broad SMARTS) is 1. The van der Waals surface area contributed by atoms with E-state index in [-0.39, 0.29) is 12.5 Å². The number of benzene rings is 1. The lowest BCUT2D eigenvalue weighted by Gasteiger charge is -2.24. The van der Waals surface area contributed by atoms with Crippen LogP contribution in [0.4, 0.5) is 0 Å². The van der Waals surface area contributed by atoms with Crippen LogP contribution in [0.2, 0.25) is 0 Å². The Morgan fingerprint density at radius 3 is 2.61 bits per heavy atom. The minimum atomic E-state index is -0.844. The summed E-state index contributed by atoms with van der Waals surface area (Å²) in [7, 11) is 0. The smallest absolute Gasteiger partial charge is 0.311 e. The summed E-state index contributed by atoms with van der Waals surface area (Å²) in [6.45, 7) is 3.51. The van der Waals surface area contributed by atoms with Crippen LogP contribution in [0, 0.1) is 11.3 Å². The van der Waals surface area contributed by atoms with Gasteiger partial charge in [-0.2, -0.15) is 0 Å². The Bertz CT molecular complexity index is 420. The Morgan fingerprint density at radius 1 is 1.44 bits per heavy atom. The van der Waals surface area contributed by atoms with E-state index in [0.29, 0.717) is 13.1 Å². The molecule has 1 aromatic rings. The number of rotatable bonds is 4. The predicted octanol–water partition coefficient (Wildman–Crippen LogP) is 1.20. The molecule has 0 bridgehead atoms. The molecule has 2 rings (SSSR count). The van der Waals surface area contributed by atoms with Crippen molar-refractivity contribution in [2.45, 2.75) is 13.5 Å². The molecule has 0 spiro atoms. The van der Waals surface area contributed by atoms with Gasteiger partial charge in [-0.25, -0.2) is 0 Å². The molecule has 2 unspecified atom stereocenters. The zero-order valence-electron chi connectivity index (χ0n) is 10.5. The first-order valence-electron chi connectivity index (χ1n) is 6.17. The van der Waals surface area contributed by atoms with Gasteiger partial charge in [0.2, 0.25) is 0 Å².